The van der Waals surface area contributed by atoms with Crippen molar-refractivity contribution in [2.45, 2.75) is 11.7 Å². The number of imidazole rings is 1. The molecule has 0 saturated heterocycles. The number of rotatable bonds is 9. The molecule has 10 heteroatoms. The molecule has 2 amide bonds. The number of aromatic nitrogens is 2. The van der Waals surface area contributed by atoms with Gasteiger partial charge < -0.3 is 19.9 Å². The molecule has 4 rings (SSSR count). The van der Waals surface area contributed by atoms with E-state index < -0.39 is 0 Å². The minimum absolute atomic E-state index is 0.00782. The quantitative estimate of drug-likeness (QED) is 0.245. The van der Waals surface area contributed by atoms with Gasteiger partial charge in [-0.05, 0) is 60.7 Å². The van der Waals surface area contributed by atoms with Crippen LogP contribution in [0.25, 0.3) is 11.3 Å². The first-order chi connectivity index (χ1) is 17.4. The lowest BCUT2D eigenvalue weighted by atomic mass is 10.1. The molecule has 0 spiro atoms. The van der Waals surface area contributed by atoms with Gasteiger partial charge in [0.2, 0.25) is 11.8 Å². The molecular weight excluding hydrogens is 519 g/mol. The number of nitrogens with zero attached hydrogens (tertiary/aromatic N) is 2. The van der Waals surface area contributed by atoms with Crippen molar-refractivity contribution >= 4 is 58.2 Å². The molecule has 1 heterocycles. The highest BCUT2D eigenvalue weighted by atomic mass is 35.5. The predicted octanol–water partition coefficient (Wildman–Crippen LogP) is 6.24. The summed E-state index contributed by atoms with van der Waals surface area (Å²) in [4.78, 5) is 29.9. The Hall–Kier alpha value is -3.46. The average Bonchev–Trinajstić information content (AvgIpc) is 3.25. The molecule has 7 nitrogen and oxygen atoms in total. The van der Waals surface area contributed by atoms with Crippen molar-refractivity contribution in [3.63, 3.8) is 0 Å². The van der Waals surface area contributed by atoms with Gasteiger partial charge in [-0.15, -0.1) is 0 Å². The number of amides is 2. The van der Waals surface area contributed by atoms with E-state index in [1.807, 2.05) is 24.3 Å². The Kier molecular flexibility index (Phi) is 8.53. The fourth-order valence-electron chi connectivity index (χ4n) is 3.42. The first-order valence-corrected chi connectivity index (χ1v) is 12.6. The highest BCUT2D eigenvalue weighted by Crippen LogP contribution is 2.28. The molecule has 0 saturated carbocycles. The molecule has 36 heavy (non-hydrogen) atoms. The SMILES string of the molecule is COc1ccc(-c2cnc(SCC(=O)Nc3cccc(Cl)c3)n2CC(=O)Nc2cccc(Cl)c2)cc1. The lowest BCUT2D eigenvalue weighted by molar-refractivity contribution is -0.117. The minimum Gasteiger partial charge on any atom is -0.497 e. The number of nitrogens with one attached hydrogen (secondary N) is 2. The van der Waals surface area contributed by atoms with Gasteiger partial charge in [-0.25, -0.2) is 4.98 Å². The number of halogens is 2. The van der Waals surface area contributed by atoms with Gasteiger partial charge in [0.15, 0.2) is 5.16 Å². The summed E-state index contributed by atoms with van der Waals surface area (Å²) >= 11 is 13.3. The van der Waals surface area contributed by atoms with Crippen LogP contribution < -0.4 is 15.4 Å². The molecule has 2 N–H and O–H groups in total. The summed E-state index contributed by atoms with van der Waals surface area (Å²) in [6.45, 7) is -0.00782. The Balaban J connectivity index is 1.53. The zero-order valence-electron chi connectivity index (χ0n) is 19.2. The molecule has 0 radical (unpaired) electrons. The summed E-state index contributed by atoms with van der Waals surface area (Å²) in [6.07, 6.45) is 1.69. The van der Waals surface area contributed by atoms with Gasteiger partial charge in [0, 0.05) is 27.0 Å². The third-order valence-electron chi connectivity index (χ3n) is 5.06. The summed E-state index contributed by atoms with van der Waals surface area (Å²) < 4.78 is 7.02. The monoisotopic (exact) mass is 540 g/mol. The van der Waals surface area contributed by atoms with Gasteiger partial charge >= 0.3 is 0 Å². The lowest BCUT2D eigenvalue weighted by Gasteiger charge is -2.13. The van der Waals surface area contributed by atoms with Crippen LogP contribution in [-0.2, 0) is 16.1 Å². The van der Waals surface area contributed by atoms with E-state index in [4.69, 9.17) is 27.9 Å². The molecule has 4 aromatic rings. The van der Waals surface area contributed by atoms with Crippen LogP contribution in [0.1, 0.15) is 0 Å². The largest absolute Gasteiger partial charge is 0.497 e. The molecular formula is C26H22Cl2N4O3S. The molecule has 0 fully saturated rings. The third-order valence-corrected chi connectivity index (χ3v) is 6.52. The number of benzene rings is 3. The maximum atomic E-state index is 12.9. The van der Waals surface area contributed by atoms with Gasteiger partial charge in [-0.1, -0.05) is 47.1 Å². The van der Waals surface area contributed by atoms with Gasteiger partial charge in [-0.2, -0.15) is 0 Å². The van der Waals surface area contributed by atoms with Gasteiger partial charge in [0.25, 0.3) is 0 Å². The number of carbonyl (C=O) groups excluding carboxylic acids is 2. The van der Waals surface area contributed by atoms with Gasteiger partial charge in [0.05, 0.1) is 24.8 Å². The normalized spacial score (nSPS) is 10.6. The van der Waals surface area contributed by atoms with Crippen LogP contribution in [0, 0.1) is 0 Å². The maximum absolute atomic E-state index is 12.9. The van der Waals surface area contributed by atoms with E-state index in [0.29, 0.717) is 26.6 Å². The first kappa shape index (κ1) is 25.6. The van der Waals surface area contributed by atoms with Crippen molar-refractivity contribution in [2.75, 3.05) is 23.5 Å². The highest BCUT2D eigenvalue weighted by Gasteiger charge is 2.17. The first-order valence-electron chi connectivity index (χ1n) is 10.8. The van der Waals surface area contributed by atoms with Crippen LogP contribution in [0.15, 0.2) is 84.1 Å². The number of hydrogen-bond donors (Lipinski definition) is 2. The van der Waals surface area contributed by atoms with E-state index in [1.165, 1.54) is 11.8 Å². The minimum atomic E-state index is -0.254. The summed E-state index contributed by atoms with van der Waals surface area (Å²) in [6, 6.07) is 21.3. The molecule has 1 aromatic heterocycles. The van der Waals surface area contributed by atoms with Crippen LogP contribution in [0.5, 0.6) is 5.75 Å². The van der Waals surface area contributed by atoms with Crippen LogP contribution >= 0.6 is 35.0 Å². The second kappa shape index (κ2) is 12.0. The van der Waals surface area contributed by atoms with E-state index in [0.717, 1.165) is 17.0 Å². The number of carbonyl (C=O) groups is 2. The summed E-state index contributed by atoms with van der Waals surface area (Å²) in [5.74, 6) is 0.346. The van der Waals surface area contributed by atoms with Crippen LogP contribution in [0.2, 0.25) is 10.0 Å². The molecule has 0 unspecified atom stereocenters. The molecule has 3 aromatic carbocycles. The van der Waals surface area contributed by atoms with E-state index >= 15 is 0 Å². The zero-order chi connectivity index (χ0) is 25.5. The van der Waals surface area contributed by atoms with Gasteiger partial charge in [-0.3, -0.25) is 9.59 Å². The fraction of sp³-hybridized carbons (Fsp3) is 0.115. The van der Waals surface area contributed by atoms with Crippen LogP contribution in [-0.4, -0.2) is 34.2 Å². The number of hydrogen-bond acceptors (Lipinski definition) is 5. The van der Waals surface area contributed by atoms with Crippen molar-refractivity contribution in [1.82, 2.24) is 9.55 Å². The Bertz CT molecular complexity index is 1380. The molecule has 0 aliphatic heterocycles. The Morgan fingerprint density at radius 3 is 2.11 bits per heavy atom. The molecule has 0 aliphatic rings. The number of ether oxygens (including phenoxy) is 1. The van der Waals surface area contributed by atoms with E-state index in [1.54, 1.807) is 66.4 Å². The van der Waals surface area contributed by atoms with Crippen molar-refractivity contribution in [3.8, 4) is 17.0 Å². The topological polar surface area (TPSA) is 85.2 Å². The summed E-state index contributed by atoms with van der Waals surface area (Å²) in [5.41, 5.74) is 2.79. The van der Waals surface area contributed by atoms with E-state index in [-0.39, 0.29) is 24.1 Å². The fourth-order valence-corrected chi connectivity index (χ4v) is 4.58. The van der Waals surface area contributed by atoms with E-state index in [2.05, 4.69) is 15.6 Å². The van der Waals surface area contributed by atoms with Gasteiger partial charge in [0.1, 0.15) is 12.3 Å². The average molecular weight is 541 g/mol. The van der Waals surface area contributed by atoms with E-state index in [9.17, 15) is 9.59 Å². The molecule has 0 bridgehead atoms. The van der Waals surface area contributed by atoms with Crippen LogP contribution in [0.3, 0.4) is 0 Å². The van der Waals surface area contributed by atoms with Crippen molar-refractivity contribution in [2.24, 2.45) is 0 Å². The number of anilines is 2. The zero-order valence-corrected chi connectivity index (χ0v) is 21.5. The standard InChI is InChI=1S/C26H22Cl2N4O3S/c1-35-22-10-8-17(9-11-22)23-14-29-26(36-16-25(34)31-21-7-3-5-19(28)13-21)32(23)15-24(33)30-20-6-2-4-18(27)12-20/h2-14H,15-16H2,1H3,(H,30,33)(H,31,34). The Morgan fingerprint density at radius 1 is 0.917 bits per heavy atom. The van der Waals surface area contributed by atoms with Crippen molar-refractivity contribution in [1.29, 1.82) is 0 Å². The maximum Gasteiger partial charge on any atom is 0.244 e. The smallest absolute Gasteiger partial charge is 0.244 e. The highest BCUT2D eigenvalue weighted by molar-refractivity contribution is 7.99. The Morgan fingerprint density at radius 2 is 1.53 bits per heavy atom. The second-order valence-corrected chi connectivity index (χ2v) is 9.46. The molecule has 0 atom stereocenters. The number of methoxy groups -OCH3 is 1. The summed E-state index contributed by atoms with van der Waals surface area (Å²) in [7, 11) is 1.60. The third kappa shape index (κ3) is 6.81. The predicted molar refractivity (Wildman–Crippen MR) is 145 cm³/mol. The van der Waals surface area contributed by atoms with Crippen molar-refractivity contribution in [3.05, 3.63) is 89.0 Å². The Labute approximate surface area is 222 Å². The number of thioether (sulfide) groups is 1. The lowest BCUT2D eigenvalue weighted by Crippen LogP contribution is -2.20. The second-order valence-electron chi connectivity index (χ2n) is 7.65. The van der Waals surface area contributed by atoms with Crippen LogP contribution in [0.4, 0.5) is 11.4 Å². The van der Waals surface area contributed by atoms with Crippen molar-refractivity contribution < 1.29 is 14.3 Å². The molecule has 184 valence electrons. The molecule has 0 aliphatic carbocycles. The summed E-state index contributed by atoms with van der Waals surface area (Å²) in [5, 5.41) is 7.26.